The van der Waals surface area contributed by atoms with E-state index in [1.54, 1.807) is 6.07 Å². The average molecular weight is 382 g/mol. The van der Waals surface area contributed by atoms with Crippen LogP contribution < -0.4 is 4.74 Å². The summed E-state index contributed by atoms with van der Waals surface area (Å²) in [5, 5.41) is 0.871. The first-order valence-electron chi connectivity index (χ1n) is 5.87. The second-order valence-corrected chi connectivity index (χ2v) is 6.02. The van der Waals surface area contributed by atoms with Gasteiger partial charge in [-0.3, -0.25) is 0 Å². The van der Waals surface area contributed by atoms with Crippen molar-refractivity contribution in [2.24, 2.45) is 5.41 Å². The zero-order valence-electron chi connectivity index (χ0n) is 9.93. The zero-order valence-corrected chi connectivity index (χ0v) is 13.1. The molecule has 0 unspecified atom stereocenters. The molecule has 1 fully saturated rings. The maximum atomic E-state index is 13.2. The summed E-state index contributed by atoms with van der Waals surface area (Å²) < 4.78 is 25.1. The van der Waals surface area contributed by atoms with E-state index in [0.29, 0.717) is 12.4 Å². The molecule has 2 rings (SSSR count). The number of alkyl halides is 1. The van der Waals surface area contributed by atoms with Crippen LogP contribution in [0.5, 0.6) is 5.75 Å². The molecule has 18 heavy (non-hydrogen) atoms. The van der Waals surface area contributed by atoms with E-state index in [0.717, 1.165) is 35.9 Å². The molecule has 1 aromatic carbocycles. The van der Waals surface area contributed by atoms with E-state index in [1.807, 2.05) is 0 Å². The molecule has 1 saturated heterocycles. The lowest BCUT2D eigenvalue weighted by Gasteiger charge is -2.35. The van der Waals surface area contributed by atoms with Crippen LogP contribution in [0.1, 0.15) is 12.8 Å². The fourth-order valence-corrected chi connectivity index (χ4v) is 3.02. The summed E-state index contributed by atoms with van der Waals surface area (Å²) in [5.74, 6) is 0.273. The van der Waals surface area contributed by atoms with Gasteiger partial charge in [0.05, 0.1) is 11.1 Å². The summed E-state index contributed by atoms with van der Waals surface area (Å²) in [6, 6.07) is 4.48. The Kier molecular flexibility index (Phi) is 5.04. The number of ether oxygens (including phenoxy) is 2. The summed E-state index contributed by atoms with van der Waals surface area (Å²) >= 11 is 6.92. The van der Waals surface area contributed by atoms with Gasteiger partial charge >= 0.3 is 0 Å². The molecule has 0 amide bonds. The van der Waals surface area contributed by atoms with Gasteiger partial charge in [0.25, 0.3) is 0 Å². The fourth-order valence-electron chi connectivity index (χ4n) is 1.94. The molecule has 0 N–H and O–H groups in total. The molecule has 1 aliphatic heterocycles. The third-order valence-corrected chi connectivity index (χ3v) is 5.11. The Hall–Kier alpha value is -0.130. The molecule has 1 heterocycles. The van der Waals surface area contributed by atoms with E-state index in [-0.39, 0.29) is 11.2 Å². The highest BCUT2D eigenvalue weighted by Gasteiger charge is 2.32. The molecule has 0 aliphatic carbocycles. The lowest BCUT2D eigenvalue weighted by atomic mass is 9.83. The third-order valence-electron chi connectivity index (χ3n) is 3.26. The summed E-state index contributed by atoms with van der Waals surface area (Å²) in [5.41, 5.74) is 0.0873. The zero-order chi connectivity index (χ0) is 13.0. The SMILES string of the molecule is Fc1ccc(Br)c(OCC2(CBr)CCOCC2)c1. The van der Waals surface area contributed by atoms with E-state index >= 15 is 0 Å². The van der Waals surface area contributed by atoms with Gasteiger partial charge in [-0.05, 0) is 40.9 Å². The second kappa shape index (κ2) is 6.35. The number of rotatable bonds is 4. The highest BCUT2D eigenvalue weighted by atomic mass is 79.9. The Morgan fingerprint density at radius 3 is 2.72 bits per heavy atom. The van der Waals surface area contributed by atoms with Crippen LogP contribution in [0, 0.1) is 11.2 Å². The van der Waals surface area contributed by atoms with Crippen molar-refractivity contribution in [3.63, 3.8) is 0 Å². The van der Waals surface area contributed by atoms with Gasteiger partial charge in [0, 0.05) is 30.0 Å². The summed E-state index contributed by atoms with van der Waals surface area (Å²) in [7, 11) is 0. The van der Waals surface area contributed by atoms with Crippen LogP contribution in [0.4, 0.5) is 4.39 Å². The molecular formula is C13H15Br2FO2. The van der Waals surface area contributed by atoms with Gasteiger partial charge in [0.1, 0.15) is 11.6 Å². The van der Waals surface area contributed by atoms with Gasteiger partial charge in [0.2, 0.25) is 0 Å². The summed E-state index contributed by atoms with van der Waals surface area (Å²) in [6.07, 6.45) is 1.93. The minimum Gasteiger partial charge on any atom is -0.492 e. The normalized spacial score (nSPS) is 18.6. The van der Waals surface area contributed by atoms with Crippen molar-refractivity contribution in [3.05, 3.63) is 28.5 Å². The third kappa shape index (κ3) is 3.45. The molecule has 100 valence electrons. The molecule has 0 saturated carbocycles. The maximum absolute atomic E-state index is 13.2. The largest absolute Gasteiger partial charge is 0.492 e. The first-order chi connectivity index (χ1) is 8.65. The topological polar surface area (TPSA) is 18.5 Å². The van der Waals surface area contributed by atoms with Gasteiger partial charge < -0.3 is 9.47 Å². The Morgan fingerprint density at radius 2 is 2.06 bits per heavy atom. The van der Waals surface area contributed by atoms with Crippen LogP contribution in [0.15, 0.2) is 22.7 Å². The average Bonchev–Trinajstić information content (AvgIpc) is 2.41. The molecule has 0 bridgehead atoms. The predicted molar refractivity (Wildman–Crippen MR) is 75.9 cm³/mol. The van der Waals surface area contributed by atoms with Crippen LogP contribution in [0.25, 0.3) is 0 Å². The van der Waals surface area contributed by atoms with Crippen LogP contribution >= 0.6 is 31.9 Å². The second-order valence-electron chi connectivity index (χ2n) is 4.61. The highest BCUT2D eigenvalue weighted by Crippen LogP contribution is 2.34. The quantitative estimate of drug-likeness (QED) is 0.729. The molecular weight excluding hydrogens is 367 g/mol. The van der Waals surface area contributed by atoms with Crippen molar-refractivity contribution in [1.29, 1.82) is 0 Å². The minimum absolute atomic E-state index is 0.0873. The number of halogens is 3. The smallest absolute Gasteiger partial charge is 0.136 e. The predicted octanol–water partition coefficient (Wildman–Crippen LogP) is 4.16. The lowest BCUT2D eigenvalue weighted by Crippen LogP contribution is -2.36. The fraction of sp³-hybridized carbons (Fsp3) is 0.538. The first-order valence-corrected chi connectivity index (χ1v) is 7.78. The molecule has 0 atom stereocenters. The van der Waals surface area contributed by atoms with Gasteiger partial charge in [0.15, 0.2) is 0 Å². The van der Waals surface area contributed by atoms with Crippen molar-refractivity contribution in [2.45, 2.75) is 12.8 Å². The van der Waals surface area contributed by atoms with Crippen LogP contribution in [-0.4, -0.2) is 25.2 Å². The molecule has 1 aromatic rings. The van der Waals surface area contributed by atoms with Crippen molar-refractivity contribution in [1.82, 2.24) is 0 Å². The lowest BCUT2D eigenvalue weighted by molar-refractivity contribution is 0.00336. The van der Waals surface area contributed by atoms with E-state index in [1.165, 1.54) is 12.1 Å². The Bertz CT molecular complexity index is 406. The van der Waals surface area contributed by atoms with Crippen LogP contribution in [0.2, 0.25) is 0 Å². The molecule has 0 spiro atoms. The maximum Gasteiger partial charge on any atom is 0.136 e. The van der Waals surface area contributed by atoms with Crippen molar-refractivity contribution >= 4 is 31.9 Å². The summed E-state index contributed by atoms with van der Waals surface area (Å²) in [4.78, 5) is 0. The standard InChI is InChI=1S/C13H15Br2FO2/c14-8-13(3-5-17-6-4-13)9-18-12-7-10(16)1-2-11(12)15/h1-2,7H,3-6,8-9H2. The number of hydrogen-bond acceptors (Lipinski definition) is 2. The van der Waals surface area contributed by atoms with E-state index in [2.05, 4.69) is 31.9 Å². The van der Waals surface area contributed by atoms with Crippen molar-refractivity contribution in [3.8, 4) is 5.75 Å². The first kappa shape index (κ1) is 14.3. The van der Waals surface area contributed by atoms with E-state index < -0.39 is 0 Å². The van der Waals surface area contributed by atoms with Gasteiger partial charge in [-0.15, -0.1) is 0 Å². The minimum atomic E-state index is -0.284. The van der Waals surface area contributed by atoms with Gasteiger partial charge in [-0.25, -0.2) is 4.39 Å². The molecule has 2 nitrogen and oxygen atoms in total. The monoisotopic (exact) mass is 380 g/mol. The number of hydrogen-bond donors (Lipinski definition) is 0. The Morgan fingerprint density at radius 1 is 1.33 bits per heavy atom. The molecule has 0 radical (unpaired) electrons. The molecule has 5 heteroatoms. The van der Waals surface area contributed by atoms with E-state index in [9.17, 15) is 4.39 Å². The number of benzene rings is 1. The van der Waals surface area contributed by atoms with Gasteiger partial charge in [-0.1, -0.05) is 15.9 Å². The molecule has 1 aliphatic rings. The highest BCUT2D eigenvalue weighted by molar-refractivity contribution is 9.10. The van der Waals surface area contributed by atoms with Crippen LogP contribution in [-0.2, 0) is 4.74 Å². The summed E-state index contributed by atoms with van der Waals surface area (Å²) in [6.45, 7) is 2.10. The van der Waals surface area contributed by atoms with Gasteiger partial charge in [-0.2, -0.15) is 0 Å². The Balaban J connectivity index is 2.03. The van der Waals surface area contributed by atoms with E-state index in [4.69, 9.17) is 9.47 Å². The Labute approximate surface area is 123 Å². The molecule has 0 aromatic heterocycles. The van der Waals surface area contributed by atoms with Crippen molar-refractivity contribution in [2.75, 3.05) is 25.2 Å². The van der Waals surface area contributed by atoms with Crippen LogP contribution in [0.3, 0.4) is 0 Å². The van der Waals surface area contributed by atoms with Crippen molar-refractivity contribution < 1.29 is 13.9 Å².